The summed E-state index contributed by atoms with van der Waals surface area (Å²) in [6.07, 6.45) is 1.10. The van der Waals surface area contributed by atoms with Crippen LogP contribution in [0.3, 0.4) is 0 Å². The molecule has 2 aliphatic rings. The van der Waals surface area contributed by atoms with Crippen molar-refractivity contribution in [2.75, 3.05) is 25.5 Å². The number of anilines is 1. The van der Waals surface area contributed by atoms with E-state index < -0.39 is 0 Å². The van der Waals surface area contributed by atoms with Gasteiger partial charge in [-0.05, 0) is 38.5 Å². The fourth-order valence-electron chi connectivity index (χ4n) is 3.06. The normalized spacial score (nSPS) is 22.3. The number of fused-ring (bicyclic) bond motifs is 1. The van der Waals surface area contributed by atoms with Crippen LogP contribution in [0.2, 0.25) is 0 Å². The predicted octanol–water partition coefficient (Wildman–Crippen LogP) is 1.81. The van der Waals surface area contributed by atoms with E-state index >= 15 is 0 Å². The van der Waals surface area contributed by atoms with E-state index in [9.17, 15) is 9.59 Å². The number of benzene rings is 1. The SMILES string of the molecule is CC(C)N1CCC(Nc2ccc3c(c2)C(=O)N(C)C3=O)C1. The Morgan fingerprint density at radius 3 is 2.57 bits per heavy atom. The van der Waals surface area contributed by atoms with Crippen LogP contribution >= 0.6 is 0 Å². The first-order valence-electron chi connectivity index (χ1n) is 7.44. The van der Waals surface area contributed by atoms with Crippen LogP contribution in [0.25, 0.3) is 0 Å². The van der Waals surface area contributed by atoms with E-state index in [-0.39, 0.29) is 11.8 Å². The van der Waals surface area contributed by atoms with Gasteiger partial charge in [-0.15, -0.1) is 0 Å². The number of likely N-dealkylation sites (tertiary alicyclic amines) is 1. The van der Waals surface area contributed by atoms with Gasteiger partial charge >= 0.3 is 0 Å². The van der Waals surface area contributed by atoms with Crippen LogP contribution < -0.4 is 5.32 Å². The minimum absolute atomic E-state index is 0.214. The van der Waals surface area contributed by atoms with Gasteiger partial charge in [-0.2, -0.15) is 0 Å². The van der Waals surface area contributed by atoms with Crippen molar-refractivity contribution in [1.82, 2.24) is 9.80 Å². The Morgan fingerprint density at radius 1 is 1.19 bits per heavy atom. The zero-order chi connectivity index (χ0) is 15.1. The van der Waals surface area contributed by atoms with E-state index in [1.165, 1.54) is 11.9 Å². The van der Waals surface area contributed by atoms with E-state index in [2.05, 4.69) is 24.1 Å². The lowest BCUT2D eigenvalue weighted by molar-refractivity contribution is 0.0693. The van der Waals surface area contributed by atoms with Crippen LogP contribution in [-0.2, 0) is 0 Å². The minimum atomic E-state index is -0.214. The fraction of sp³-hybridized carbons (Fsp3) is 0.500. The number of hydrogen-bond acceptors (Lipinski definition) is 4. The summed E-state index contributed by atoms with van der Waals surface area (Å²) in [7, 11) is 1.52. The average Bonchev–Trinajstić information content (AvgIpc) is 3.00. The molecule has 1 atom stereocenters. The molecule has 5 heteroatoms. The number of carbonyl (C=O) groups is 2. The molecule has 5 nitrogen and oxygen atoms in total. The van der Waals surface area contributed by atoms with Gasteiger partial charge in [-0.25, -0.2) is 0 Å². The standard InChI is InChI=1S/C16H21N3O2/c1-10(2)19-7-6-12(9-19)17-11-4-5-13-14(8-11)16(21)18(3)15(13)20/h4-5,8,10,12,17H,6-7,9H2,1-3H3. The molecule has 2 amide bonds. The monoisotopic (exact) mass is 287 g/mol. The molecule has 1 fully saturated rings. The fourth-order valence-corrected chi connectivity index (χ4v) is 3.06. The highest BCUT2D eigenvalue weighted by Gasteiger charge is 2.33. The Balaban J connectivity index is 1.75. The molecule has 1 N–H and O–H groups in total. The number of amides is 2. The first-order valence-corrected chi connectivity index (χ1v) is 7.44. The number of hydrogen-bond donors (Lipinski definition) is 1. The maximum Gasteiger partial charge on any atom is 0.261 e. The molecule has 2 heterocycles. The van der Waals surface area contributed by atoms with Gasteiger partial charge in [0.25, 0.3) is 11.8 Å². The highest BCUT2D eigenvalue weighted by Crippen LogP contribution is 2.26. The number of carbonyl (C=O) groups excluding carboxylic acids is 2. The molecular weight excluding hydrogens is 266 g/mol. The molecule has 1 unspecified atom stereocenters. The molecule has 1 aromatic rings. The summed E-state index contributed by atoms with van der Waals surface area (Å²) in [5.74, 6) is -0.428. The molecular formula is C16H21N3O2. The molecule has 0 radical (unpaired) electrons. The first-order chi connectivity index (χ1) is 9.97. The number of imide groups is 1. The largest absolute Gasteiger partial charge is 0.381 e. The van der Waals surface area contributed by atoms with Crippen LogP contribution in [0, 0.1) is 0 Å². The summed E-state index contributed by atoms with van der Waals surface area (Å²) in [6, 6.07) is 6.40. The van der Waals surface area contributed by atoms with E-state index in [0.717, 1.165) is 25.2 Å². The van der Waals surface area contributed by atoms with Crippen molar-refractivity contribution in [3.63, 3.8) is 0 Å². The molecule has 2 aliphatic heterocycles. The first kappa shape index (κ1) is 14.1. The molecule has 0 bridgehead atoms. The third-order valence-corrected chi connectivity index (χ3v) is 4.41. The predicted molar refractivity (Wildman–Crippen MR) is 81.6 cm³/mol. The van der Waals surface area contributed by atoms with Crippen molar-refractivity contribution < 1.29 is 9.59 Å². The van der Waals surface area contributed by atoms with Gasteiger partial charge < -0.3 is 5.32 Å². The van der Waals surface area contributed by atoms with Gasteiger partial charge in [0, 0.05) is 37.9 Å². The van der Waals surface area contributed by atoms with Crippen LogP contribution in [0.15, 0.2) is 18.2 Å². The van der Waals surface area contributed by atoms with Gasteiger partial charge in [0.05, 0.1) is 11.1 Å². The van der Waals surface area contributed by atoms with Crippen LogP contribution in [0.5, 0.6) is 0 Å². The Hall–Kier alpha value is -1.88. The quantitative estimate of drug-likeness (QED) is 0.861. The lowest BCUT2D eigenvalue weighted by Gasteiger charge is -2.21. The van der Waals surface area contributed by atoms with Crippen molar-refractivity contribution in [2.24, 2.45) is 0 Å². The Kier molecular flexibility index (Phi) is 3.45. The van der Waals surface area contributed by atoms with Crippen molar-refractivity contribution in [3.05, 3.63) is 29.3 Å². The van der Waals surface area contributed by atoms with Crippen LogP contribution in [0.1, 0.15) is 41.0 Å². The summed E-state index contributed by atoms with van der Waals surface area (Å²) in [5.41, 5.74) is 1.93. The van der Waals surface area contributed by atoms with Gasteiger partial charge in [0.15, 0.2) is 0 Å². The van der Waals surface area contributed by atoms with Gasteiger partial charge in [-0.1, -0.05) is 0 Å². The molecule has 0 saturated carbocycles. The maximum absolute atomic E-state index is 12.0. The topological polar surface area (TPSA) is 52.7 Å². The van der Waals surface area contributed by atoms with Crippen LogP contribution in [0.4, 0.5) is 5.69 Å². The zero-order valence-electron chi connectivity index (χ0n) is 12.7. The molecule has 1 saturated heterocycles. The van der Waals surface area contributed by atoms with Crippen LogP contribution in [-0.4, -0.2) is 53.8 Å². The number of nitrogens with one attached hydrogen (secondary N) is 1. The third kappa shape index (κ3) is 2.42. The molecule has 0 aromatic heterocycles. The number of rotatable bonds is 3. The van der Waals surface area contributed by atoms with Crippen molar-refractivity contribution in [2.45, 2.75) is 32.4 Å². The molecule has 3 rings (SSSR count). The second-order valence-corrected chi connectivity index (χ2v) is 6.15. The Morgan fingerprint density at radius 2 is 1.90 bits per heavy atom. The van der Waals surface area contributed by atoms with E-state index in [1.807, 2.05) is 6.07 Å². The second kappa shape index (κ2) is 5.15. The second-order valence-electron chi connectivity index (χ2n) is 6.15. The number of nitrogens with zero attached hydrogens (tertiary/aromatic N) is 2. The third-order valence-electron chi connectivity index (χ3n) is 4.41. The molecule has 0 aliphatic carbocycles. The van der Waals surface area contributed by atoms with Gasteiger partial charge in [0.2, 0.25) is 0 Å². The summed E-state index contributed by atoms with van der Waals surface area (Å²) < 4.78 is 0. The Bertz CT molecular complexity index is 597. The average molecular weight is 287 g/mol. The lowest BCUT2D eigenvalue weighted by Crippen LogP contribution is -2.31. The molecule has 1 aromatic carbocycles. The van der Waals surface area contributed by atoms with E-state index in [1.54, 1.807) is 12.1 Å². The van der Waals surface area contributed by atoms with Gasteiger partial charge in [-0.3, -0.25) is 19.4 Å². The summed E-state index contributed by atoms with van der Waals surface area (Å²) in [5, 5.41) is 3.48. The zero-order valence-corrected chi connectivity index (χ0v) is 12.7. The molecule has 0 spiro atoms. The Labute approximate surface area is 124 Å². The highest BCUT2D eigenvalue weighted by molar-refractivity contribution is 6.21. The smallest absolute Gasteiger partial charge is 0.261 e. The molecule has 112 valence electrons. The van der Waals surface area contributed by atoms with E-state index in [0.29, 0.717) is 23.2 Å². The van der Waals surface area contributed by atoms with Crippen molar-refractivity contribution >= 4 is 17.5 Å². The van der Waals surface area contributed by atoms with Crippen molar-refractivity contribution in [3.8, 4) is 0 Å². The van der Waals surface area contributed by atoms with Gasteiger partial charge in [0.1, 0.15) is 0 Å². The van der Waals surface area contributed by atoms with E-state index in [4.69, 9.17) is 0 Å². The minimum Gasteiger partial charge on any atom is -0.381 e. The molecule has 21 heavy (non-hydrogen) atoms. The lowest BCUT2D eigenvalue weighted by atomic mass is 10.1. The van der Waals surface area contributed by atoms with Crippen molar-refractivity contribution in [1.29, 1.82) is 0 Å². The maximum atomic E-state index is 12.0. The summed E-state index contributed by atoms with van der Waals surface area (Å²) >= 11 is 0. The summed E-state index contributed by atoms with van der Waals surface area (Å²) in [4.78, 5) is 27.5. The summed E-state index contributed by atoms with van der Waals surface area (Å²) in [6.45, 7) is 6.53. The highest BCUT2D eigenvalue weighted by atomic mass is 16.2.